The number of nitrogens with one attached hydrogen (secondary N) is 1. The molecule has 29 heavy (non-hydrogen) atoms. The number of ether oxygens (including phenoxy) is 1. The molecule has 0 aliphatic carbocycles. The molecule has 2 heterocycles. The Balaban J connectivity index is 1.89. The van der Waals surface area contributed by atoms with Crippen molar-refractivity contribution in [3.63, 3.8) is 0 Å². The van der Waals surface area contributed by atoms with Gasteiger partial charge >= 0.3 is 0 Å². The quantitative estimate of drug-likeness (QED) is 0.496. The second kappa shape index (κ2) is 7.63. The van der Waals surface area contributed by atoms with Crippen molar-refractivity contribution in [2.45, 2.75) is 6.54 Å². The Labute approximate surface area is 167 Å². The third-order valence-electron chi connectivity index (χ3n) is 4.73. The van der Waals surface area contributed by atoms with Gasteiger partial charge < -0.3 is 20.4 Å². The standard InChI is InChI=1S/C22H21N5O2/c1-3-12-24-22(28)18-19-21(26-17-7-5-4-6-16(17)25-19)27(20(18)23)13-14-8-10-15(29-2)11-9-14/h3-11H,1,12-13,23H2,2H3,(H,24,28). The second-order valence-electron chi connectivity index (χ2n) is 6.58. The number of rotatable bonds is 6. The highest BCUT2D eigenvalue weighted by atomic mass is 16.5. The van der Waals surface area contributed by atoms with Crippen molar-refractivity contribution in [2.24, 2.45) is 0 Å². The zero-order chi connectivity index (χ0) is 20.4. The first-order valence-corrected chi connectivity index (χ1v) is 9.19. The molecule has 0 radical (unpaired) electrons. The van der Waals surface area contributed by atoms with Crippen LogP contribution in [0.5, 0.6) is 5.75 Å². The van der Waals surface area contributed by atoms with Gasteiger partial charge in [0.25, 0.3) is 5.91 Å². The first-order chi connectivity index (χ1) is 14.1. The number of nitrogens with zero attached hydrogens (tertiary/aromatic N) is 3. The van der Waals surface area contributed by atoms with Gasteiger partial charge in [-0.05, 0) is 29.8 Å². The number of nitrogens with two attached hydrogens (primary N) is 1. The number of benzene rings is 2. The van der Waals surface area contributed by atoms with Gasteiger partial charge in [0, 0.05) is 6.54 Å². The number of hydrogen-bond acceptors (Lipinski definition) is 5. The lowest BCUT2D eigenvalue weighted by atomic mass is 10.2. The molecule has 0 atom stereocenters. The SMILES string of the molecule is C=CCNC(=O)c1c(N)n(Cc2ccc(OC)cc2)c2nc3ccccc3nc12. The number of amides is 1. The van der Waals surface area contributed by atoms with E-state index < -0.39 is 0 Å². The van der Waals surface area contributed by atoms with Crippen molar-refractivity contribution in [2.75, 3.05) is 19.4 Å². The molecule has 0 fully saturated rings. The lowest BCUT2D eigenvalue weighted by Gasteiger charge is -2.09. The highest BCUT2D eigenvalue weighted by molar-refractivity contribution is 6.10. The molecule has 0 spiro atoms. The molecule has 0 bridgehead atoms. The number of carbonyl (C=O) groups is 1. The molecule has 0 aliphatic rings. The molecular formula is C22H21N5O2. The number of fused-ring (bicyclic) bond motifs is 2. The molecule has 146 valence electrons. The van der Waals surface area contributed by atoms with Gasteiger partial charge in [-0.25, -0.2) is 9.97 Å². The molecule has 1 amide bonds. The van der Waals surface area contributed by atoms with Crippen LogP contribution in [0.2, 0.25) is 0 Å². The van der Waals surface area contributed by atoms with Crippen LogP contribution < -0.4 is 15.8 Å². The molecule has 0 unspecified atom stereocenters. The molecule has 2 aromatic carbocycles. The smallest absolute Gasteiger partial charge is 0.257 e. The fourth-order valence-corrected chi connectivity index (χ4v) is 3.27. The van der Waals surface area contributed by atoms with Gasteiger partial charge in [-0.1, -0.05) is 30.3 Å². The number of para-hydroxylation sites is 2. The van der Waals surface area contributed by atoms with E-state index in [0.717, 1.165) is 16.8 Å². The predicted molar refractivity (Wildman–Crippen MR) is 114 cm³/mol. The fraction of sp³-hybridized carbons (Fsp3) is 0.136. The number of aromatic nitrogens is 3. The Hall–Kier alpha value is -3.87. The van der Waals surface area contributed by atoms with E-state index in [-0.39, 0.29) is 5.91 Å². The maximum absolute atomic E-state index is 12.8. The summed E-state index contributed by atoms with van der Waals surface area (Å²) in [5.41, 5.74) is 10.3. The van der Waals surface area contributed by atoms with E-state index in [2.05, 4.69) is 16.9 Å². The van der Waals surface area contributed by atoms with E-state index in [1.54, 1.807) is 13.2 Å². The largest absolute Gasteiger partial charge is 0.497 e. The van der Waals surface area contributed by atoms with Crippen molar-refractivity contribution < 1.29 is 9.53 Å². The monoisotopic (exact) mass is 387 g/mol. The first-order valence-electron chi connectivity index (χ1n) is 9.19. The number of anilines is 1. The number of nitrogen functional groups attached to an aromatic ring is 1. The lowest BCUT2D eigenvalue weighted by molar-refractivity contribution is 0.0960. The number of carbonyl (C=O) groups excluding carboxylic acids is 1. The van der Waals surface area contributed by atoms with E-state index in [9.17, 15) is 4.79 Å². The fourth-order valence-electron chi connectivity index (χ4n) is 3.27. The predicted octanol–water partition coefficient (Wildman–Crippen LogP) is 3.14. The Morgan fingerprint density at radius 2 is 1.86 bits per heavy atom. The molecule has 4 aromatic rings. The Morgan fingerprint density at radius 1 is 1.17 bits per heavy atom. The summed E-state index contributed by atoms with van der Waals surface area (Å²) >= 11 is 0. The van der Waals surface area contributed by atoms with Crippen LogP contribution in [0, 0.1) is 0 Å². The molecule has 3 N–H and O–H groups in total. The second-order valence-corrected chi connectivity index (χ2v) is 6.58. The van der Waals surface area contributed by atoms with Gasteiger partial charge in [-0.3, -0.25) is 4.79 Å². The molecule has 0 aliphatic heterocycles. The highest BCUT2D eigenvalue weighted by Crippen LogP contribution is 2.29. The van der Waals surface area contributed by atoms with Crippen LogP contribution in [0.3, 0.4) is 0 Å². The molecule has 0 saturated heterocycles. The minimum atomic E-state index is -0.300. The van der Waals surface area contributed by atoms with Crippen LogP contribution in [0.25, 0.3) is 22.2 Å². The van der Waals surface area contributed by atoms with Gasteiger partial charge in [0.15, 0.2) is 5.65 Å². The lowest BCUT2D eigenvalue weighted by Crippen LogP contribution is -2.24. The van der Waals surface area contributed by atoms with Gasteiger partial charge in [0.05, 0.1) is 24.7 Å². The van der Waals surface area contributed by atoms with Crippen molar-refractivity contribution in [3.8, 4) is 5.75 Å². The number of hydrogen-bond donors (Lipinski definition) is 2. The van der Waals surface area contributed by atoms with Crippen molar-refractivity contribution in [1.82, 2.24) is 19.9 Å². The van der Waals surface area contributed by atoms with E-state index in [4.69, 9.17) is 15.5 Å². The third kappa shape index (κ3) is 3.38. The summed E-state index contributed by atoms with van der Waals surface area (Å²) in [5.74, 6) is 0.799. The highest BCUT2D eigenvalue weighted by Gasteiger charge is 2.23. The summed E-state index contributed by atoms with van der Waals surface area (Å²) in [4.78, 5) is 22.2. The topological polar surface area (TPSA) is 95.1 Å². The Bertz CT molecular complexity index is 1210. The molecule has 7 nitrogen and oxygen atoms in total. The average molecular weight is 387 g/mol. The van der Waals surface area contributed by atoms with Gasteiger partial charge in [-0.2, -0.15) is 0 Å². The third-order valence-corrected chi connectivity index (χ3v) is 4.73. The summed E-state index contributed by atoms with van der Waals surface area (Å²) in [6.07, 6.45) is 1.62. The van der Waals surface area contributed by atoms with Crippen LogP contribution >= 0.6 is 0 Å². The van der Waals surface area contributed by atoms with Gasteiger partial charge in [-0.15, -0.1) is 6.58 Å². The minimum Gasteiger partial charge on any atom is -0.497 e. The maximum Gasteiger partial charge on any atom is 0.257 e. The Kier molecular flexibility index (Phi) is 4.87. The summed E-state index contributed by atoms with van der Waals surface area (Å²) in [6.45, 7) is 4.43. The zero-order valence-corrected chi connectivity index (χ0v) is 16.1. The Morgan fingerprint density at radius 3 is 2.52 bits per heavy atom. The van der Waals surface area contributed by atoms with Crippen LogP contribution in [0.1, 0.15) is 15.9 Å². The van der Waals surface area contributed by atoms with Crippen LogP contribution in [-0.2, 0) is 6.54 Å². The van der Waals surface area contributed by atoms with Crippen molar-refractivity contribution in [3.05, 3.63) is 72.3 Å². The van der Waals surface area contributed by atoms with E-state index in [1.165, 1.54) is 0 Å². The van der Waals surface area contributed by atoms with E-state index in [0.29, 0.717) is 41.2 Å². The molecule has 2 aromatic heterocycles. The summed E-state index contributed by atoms with van der Waals surface area (Å²) < 4.78 is 7.04. The zero-order valence-electron chi connectivity index (χ0n) is 16.1. The number of methoxy groups -OCH3 is 1. The van der Waals surface area contributed by atoms with Gasteiger partial charge in [0.1, 0.15) is 22.6 Å². The van der Waals surface area contributed by atoms with Crippen LogP contribution in [-0.4, -0.2) is 34.1 Å². The van der Waals surface area contributed by atoms with Crippen molar-refractivity contribution in [1.29, 1.82) is 0 Å². The average Bonchev–Trinajstić information content (AvgIpc) is 3.01. The maximum atomic E-state index is 12.8. The molecule has 0 saturated carbocycles. The van der Waals surface area contributed by atoms with E-state index >= 15 is 0 Å². The summed E-state index contributed by atoms with van der Waals surface area (Å²) in [5, 5.41) is 2.79. The van der Waals surface area contributed by atoms with Crippen LogP contribution in [0.4, 0.5) is 5.82 Å². The van der Waals surface area contributed by atoms with Crippen LogP contribution in [0.15, 0.2) is 61.2 Å². The first kappa shape index (κ1) is 18.5. The van der Waals surface area contributed by atoms with E-state index in [1.807, 2.05) is 53.1 Å². The summed E-state index contributed by atoms with van der Waals surface area (Å²) in [7, 11) is 1.63. The molecule has 7 heteroatoms. The normalized spacial score (nSPS) is 10.9. The van der Waals surface area contributed by atoms with Gasteiger partial charge in [0.2, 0.25) is 0 Å². The minimum absolute atomic E-state index is 0.300. The van der Waals surface area contributed by atoms with Crippen molar-refractivity contribution >= 4 is 33.9 Å². The molecule has 4 rings (SSSR count). The summed E-state index contributed by atoms with van der Waals surface area (Å²) in [6, 6.07) is 15.2. The molecular weight excluding hydrogens is 366 g/mol.